The number of primary amides is 1. The summed E-state index contributed by atoms with van der Waals surface area (Å²) < 4.78 is 6.66. The van der Waals surface area contributed by atoms with Crippen molar-refractivity contribution in [2.75, 3.05) is 5.32 Å². The molecule has 6 nitrogen and oxygen atoms in total. The highest BCUT2D eigenvalue weighted by Crippen LogP contribution is 2.44. The second-order valence-corrected chi connectivity index (χ2v) is 11.9. The van der Waals surface area contributed by atoms with Gasteiger partial charge in [0, 0.05) is 14.9 Å². The van der Waals surface area contributed by atoms with Crippen LogP contribution in [0.1, 0.15) is 58.5 Å². The fourth-order valence-corrected chi connectivity index (χ4v) is 6.06. The van der Waals surface area contributed by atoms with Crippen LogP contribution < -0.4 is 16.4 Å². The molecule has 178 valence electrons. The van der Waals surface area contributed by atoms with Crippen molar-refractivity contribution in [2.45, 2.75) is 40.0 Å². The van der Waals surface area contributed by atoms with Gasteiger partial charge in [0.05, 0.1) is 5.56 Å². The van der Waals surface area contributed by atoms with Gasteiger partial charge in [-0.2, -0.15) is 0 Å². The third-order valence-electron chi connectivity index (χ3n) is 6.15. The highest BCUT2D eigenvalue weighted by Gasteiger charge is 2.33. The molecule has 4 N–H and O–H groups in total. The molecule has 0 saturated carbocycles. The van der Waals surface area contributed by atoms with Crippen LogP contribution in [0.25, 0.3) is 11.3 Å². The third kappa shape index (κ3) is 5.26. The largest absolute Gasteiger partial charge is 0.451 e. The quantitative estimate of drug-likeness (QED) is 0.333. The molecule has 9 heteroatoms. The van der Waals surface area contributed by atoms with Gasteiger partial charge in [-0.25, -0.2) is 0 Å². The van der Waals surface area contributed by atoms with Crippen molar-refractivity contribution in [2.24, 2.45) is 17.1 Å². The Morgan fingerprint density at radius 1 is 1.18 bits per heavy atom. The fourth-order valence-electron chi connectivity index (χ4n) is 4.20. The molecule has 2 aromatic heterocycles. The van der Waals surface area contributed by atoms with Crippen molar-refractivity contribution in [3.63, 3.8) is 0 Å². The molecule has 0 saturated heterocycles. The van der Waals surface area contributed by atoms with Crippen LogP contribution in [-0.2, 0) is 12.8 Å². The summed E-state index contributed by atoms with van der Waals surface area (Å²) >= 11 is 10.2. The SMILES string of the molecule is CC(C)(C)C1CCc2c(sc(NC(=S)NC(=O)c3ccc(-c4ccc(Br)cc4)o3)c2C(N)=O)C1. The number of fused-ring (bicyclic) bond motifs is 1. The Labute approximate surface area is 216 Å². The fraction of sp³-hybridized carbons (Fsp3) is 0.320. The Morgan fingerprint density at radius 2 is 1.88 bits per heavy atom. The highest BCUT2D eigenvalue weighted by atomic mass is 79.9. The number of benzene rings is 1. The van der Waals surface area contributed by atoms with Gasteiger partial charge < -0.3 is 15.5 Å². The third-order valence-corrected chi connectivity index (χ3v) is 8.05. The maximum Gasteiger partial charge on any atom is 0.293 e. The van der Waals surface area contributed by atoms with Crippen molar-refractivity contribution < 1.29 is 14.0 Å². The molecular formula is C25H26BrN3O3S2. The van der Waals surface area contributed by atoms with Crippen LogP contribution in [0, 0.1) is 11.3 Å². The molecule has 1 unspecified atom stereocenters. The van der Waals surface area contributed by atoms with Gasteiger partial charge in [0.15, 0.2) is 10.9 Å². The minimum Gasteiger partial charge on any atom is -0.451 e. The van der Waals surface area contributed by atoms with Crippen LogP contribution in [0.3, 0.4) is 0 Å². The molecule has 2 amide bonds. The van der Waals surface area contributed by atoms with Crippen molar-refractivity contribution in [3.8, 4) is 11.3 Å². The summed E-state index contributed by atoms with van der Waals surface area (Å²) in [6, 6.07) is 10.9. The second kappa shape index (κ2) is 9.64. The number of carbonyl (C=O) groups is 2. The van der Waals surface area contributed by atoms with Gasteiger partial charge in [-0.3, -0.25) is 14.9 Å². The minimum absolute atomic E-state index is 0.0834. The van der Waals surface area contributed by atoms with Crippen LogP contribution in [0.2, 0.25) is 0 Å². The number of anilines is 1. The molecule has 1 aromatic carbocycles. The summed E-state index contributed by atoms with van der Waals surface area (Å²) in [4.78, 5) is 26.1. The van der Waals surface area contributed by atoms with Crippen molar-refractivity contribution in [1.29, 1.82) is 0 Å². The molecule has 1 aliphatic carbocycles. The Kier molecular flexibility index (Phi) is 6.98. The Balaban J connectivity index is 1.47. The maximum atomic E-state index is 12.7. The van der Waals surface area contributed by atoms with Gasteiger partial charge >= 0.3 is 0 Å². The maximum absolute atomic E-state index is 12.7. The first kappa shape index (κ1) is 24.6. The van der Waals surface area contributed by atoms with E-state index in [2.05, 4.69) is 47.3 Å². The summed E-state index contributed by atoms with van der Waals surface area (Å²) in [5, 5.41) is 6.31. The number of hydrogen-bond acceptors (Lipinski definition) is 5. The topological polar surface area (TPSA) is 97.4 Å². The lowest BCUT2D eigenvalue weighted by Gasteiger charge is -2.33. The number of halogens is 1. The lowest BCUT2D eigenvalue weighted by molar-refractivity contribution is 0.0950. The van der Waals surface area contributed by atoms with Gasteiger partial charge in [0.25, 0.3) is 11.8 Å². The normalized spacial score (nSPS) is 15.5. The zero-order valence-corrected chi connectivity index (χ0v) is 22.4. The zero-order chi connectivity index (χ0) is 24.6. The van der Waals surface area contributed by atoms with Crippen LogP contribution in [0.5, 0.6) is 0 Å². The zero-order valence-electron chi connectivity index (χ0n) is 19.2. The number of hydrogen-bond donors (Lipinski definition) is 3. The monoisotopic (exact) mass is 559 g/mol. The van der Waals surface area contributed by atoms with Crippen LogP contribution in [0.4, 0.5) is 5.00 Å². The van der Waals surface area contributed by atoms with Gasteiger partial charge in [0.2, 0.25) is 0 Å². The molecule has 0 bridgehead atoms. The lowest BCUT2D eigenvalue weighted by Crippen LogP contribution is -2.34. The van der Waals surface area contributed by atoms with E-state index < -0.39 is 11.8 Å². The number of thiocarbonyl (C=S) groups is 1. The molecule has 0 radical (unpaired) electrons. The van der Waals surface area contributed by atoms with E-state index in [-0.39, 0.29) is 16.3 Å². The molecule has 0 aliphatic heterocycles. The first-order chi connectivity index (χ1) is 16.0. The van der Waals surface area contributed by atoms with E-state index in [9.17, 15) is 9.59 Å². The second-order valence-electron chi connectivity index (χ2n) is 9.46. The molecule has 1 atom stereocenters. The Morgan fingerprint density at radius 3 is 2.53 bits per heavy atom. The average Bonchev–Trinajstić information content (AvgIpc) is 3.37. The highest BCUT2D eigenvalue weighted by molar-refractivity contribution is 9.10. The number of amides is 2. The minimum atomic E-state index is -0.492. The summed E-state index contributed by atoms with van der Waals surface area (Å²) in [5.41, 5.74) is 8.23. The van der Waals surface area contributed by atoms with Gasteiger partial charge in [-0.15, -0.1) is 11.3 Å². The molecule has 2 heterocycles. The van der Waals surface area contributed by atoms with Crippen LogP contribution >= 0.6 is 39.5 Å². The smallest absolute Gasteiger partial charge is 0.293 e. The molecule has 3 aromatic rings. The Hall–Kier alpha value is -2.49. The summed E-state index contributed by atoms with van der Waals surface area (Å²) in [7, 11) is 0. The van der Waals surface area contributed by atoms with E-state index >= 15 is 0 Å². The number of thiophene rings is 1. The first-order valence-corrected chi connectivity index (χ1v) is 13.0. The Bertz CT molecular complexity index is 1260. The predicted molar refractivity (Wildman–Crippen MR) is 143 cm³/mol. The number of rotatable bonds is 4. The van der Waals surface area contributed by atoms with Crippen LogP contribution in [-0.4, -0.2) is 16.9 Å². The van der Waals surface area contributed by atoms with Gasteiger partial charge in [-0.05, 0) is 72.6 Å². The lowest BCUT2D eigenvalue weighted by atomic mass is 9.72. The van der Waals surface area contributed by atoms with Crippen LogP contribution in [0.15, 0.2) is 45.3 Å². The summed E-state index contributed by atoms with van der Waals surface area (Å²) in [6.45, 7) is 6.73. The molecule has 1 aliphatic rings. The van der Waals surface area contributed by atoms with E-state index in [1.54, 1.807) is 12.1 Å². The van der Waals surface area contributed by atoms with Crippen molar-refractivity contribution in [3.05, 3.63) is 62.6 Å². The number of nitrogens with two attached hydrogens (primary N) is 1. The van der Waals surface area contributed by atoms with Gasteiger partial charge in [0.1, 0.15) is 10.8 Å². The van der Waals surface area contributed by atoms with E-state index in [0.717, 1.165) is 39.7 Å². The van der Waals surface area contributed by atoms with Gasteiger partial charge in [-0.1, -0.05) is 48.8 Å². The van der Waals surface area contributed by atoms with E-state index in [0.29, 0.717) is 22.2 Å². The molecule has 0 spiro atoms. The summed E-state index contributed by atoms with van der Waals surface area (Å²) in [5.74, 6) is 0.268. The first-order valence-electron chi connectivity index (χ1n) is 11.0. The van der Waals surface area contributed by atoms with E-state index in [4.69, 9.17) is 22.4 Å². The molecule has 0 fully saturated rings. The molecule has 4 rings (SSSR count). The number of nitrogens with one attached hydrogen (secondary N) is 2. The summed E-state index contributed by atoms with van der Waals surface area (Å²) in [6.07, 6.45) is 2.71. The van der Waals surface area contributed by atoms with E-state index in [1.165, 1.54) is 11.3 Å². The average molecular weight is 561 g/mol. The predicted octanol–water partition coefficient (Wildman–Crippen LogP) is 6.15. The molecular weight excluding hydrogens is 534 g/mol. The standard InChI is InChI=1S/C25H26BrN3O3S2/c1-25(2,3)14-6-9-16-19(12-14)34-23(20(16)21(27)30)29-24(33)28-22(31)18-11-10-17(32-18)13-4-7-15(26)8-5-13/h4-5,7-8,10-11,14H,6,9,12H2,1-3H3,(H2,27,30)(H2,28,29,31,33). The van der Waals surface area contributed by atoms with Crippen molar-refractivity contribution in [1.82, 2.24) is 5.32 Å². The van der Waals surface area contributed by atoms with Crippen molar-refractivity contribution >= 4 is 61.4 Å². The number of furan rings is 1. The molecule has 34 heavy (non-hydrogen) atoms. The number of carbonyl (C=O) groups excluding carboxylic acids is 2. The van der Waals surface area contributed by atoms with E-state index in [1.807, 2.05) is 24.3 Å².